The summed E-state index contributed by atoms with van der Waals surface area (Å²) < 4.78 is 29.0. The van der Waals surface area contributed by atoms with E-state index in [2.05, 4.69) is 103 Å². The third kappa shape index (κ3) is 7.01. The standard InChI is InChI=1S/C24H18S.CHF3.H2S/c1-3-9-19(10-4-1)23-13-7-8-14-24(23)20-15-17-22(18-16-20)25-21-11-5-2-6-12-21;2-1(3)4;/h1-18H;1H;1H2. The molecule has 4 rings (SSSR count). The van der Waals surface area contributed by atoms with Crippen LogP contribution in [0.3, 0.4) is 0 Å². The fourth-order valence-electron chi connectivity index (χ4n) is 2.93. The molecule has 154 valence electrons. The van der Waals surface area contributed by atoms with Crippen molar-refractivity contribution in [2.75, 3.05) is 0 Å². The molecule has 4 aromatic carbocycles. The van der Waals surface area contributed by atoms with Gasteiger partial charge in [0.25, 0.3) is 0 Å². The van der Waals surface area contributed by atoms with Gasteiger partial charge in [0.1, 0.15) is 0 Å². The first kappa shape index (κ1) is 23.6. The van der Waals surface area contributed by atoms with Gasteiger partial charge in [-0.15, -0.1) is 0 Å². The van der Waals surface area contributed by atoms with Crippen molar-refractivity contribution in [3.63, 3.8) is 0 Å². The molecule has 0 unspecified atom stereocenters. The molecule has 0 aliphatic heterocycles. The van der Waals surface area contributed by atoms with E-state index < -0.39 is 6.68 Å². The van der Waals surface area contributed by atoms with Crippen LogP contribution < -0.4 is 0 Å². The number of halogens is 3. The predicted octanol–water partition coefficient (Wildman–Crippen LogP) is 8.46. The monoisotopic (exact) mass is 442 g/mol. The van der Waals surface area contributed by atoms with Gasteiger partial charge in [-0.05, 0) is 46.5 Å². The Bertz CT molecular complexity index is 1000. The van der Waals surface area contributed by atoms with Crippen LogP contribution in [0.5, 0.6) is 0 Å². The second kappa shape index (κ2) is 12.2. The van der Waals surface area contributed by atoms with Crippen LogP contribution >= 0.6 is 25.3 Å². The van der Waals surface area contributed by atoms with E-state index >= 15 is 0 Å². The van der Waals surface area contributed by atoms with Crippen molar-refractivity contribution in [2.24, 2.45) is 0 Å². The summed E-state index contributed by atoms with van der Waals surface area (Å²) in [5.41, 5.74) is 5.04. The number of hydrogen-bond acceptors (Lipinski definition) is 1. The molecule has 30 heavy (non-hydrogen) atoms. The predicted molar refractivity (Wildman–Crippen MR) is 125 cm³/mol. The molecule has 0 N–H and O–H groups in total. The Hall–Kier alpha value is -2.63. The molecule has 5 heteroatoms. The van der Waals surface area contributed by atoms with E-state index in [0.717, 1.165) is 0 Å². The van der Waals surface area contributed by atoms with Crippen molar-refractivity contribution in [3.8, 4) is 22.3 Å². The molecule has 0 aliphatic carbocycles. The minimum atomic E-state index is -3.67. The van der Waals surface area contributed by atoms with Crippen LogP contribution in [-0.2, 0) is 0 Å². The normalized spacial score (nSPS) is 10.0. The van der Waals surface area contributed by atoms with Crippen LogP contribution in [0, 0.1) is 0 Å². The maximum absolute atomic E-state index is 9.67. The summed E-state index contributed by atoms with van der Waals surface area (Å²) in [6.45, 7) is -3.67. The van der Waals surface area contributed by atoms with E-state index in [9.17, 15) is 13.2 Å². The number of alkyl halides is 3. The third-order valence-corrected chi connectivity index (χ3v) is 5.17. The minimum absolute atomic E-state index is 0. The molecule has 0 aromatic heterocycles. The summed E-state index contributed by atoms with van der Waals surface area (Å²) in [7, 11) is 0. The van der Waals surface area contributed by atoms with Gasteiger partial charge in [-0.25, -0.2) is 0 Å². The van der Waals surface area contributed by atoms with Gasteiger partial charge in [-0.3, -0.25) is 0 Å². The van der Waals surface area contributed by atoms with E-state index in [1.165, 1.54) is 32.0 Å². The van der Waals surface area contributed by atoms with E-state index in [1.807, 2.05) is 6.07 Å². The Morgan fingerprint density at radius 2 is 0.833 bits per heavy atom. The van der Waals surface area contributed by atoms with Gasteiger partial charge in [0.15, 0.2) is 0 Å². The molecular weight excluding hydrogens is 421 g/mol. The number of hydrogen-bond donors (Lipinski definition) is 0. The fourth-order valence-corrected chi connectivity index (χ4v) is 3.77. The van der Waals surface area contributed by atoms with Gasteiger partial charge in [0.2, 0.25) is 0 Å². The van der Waals surface area contributed by atoms with Crippen LogP contribution in [0.2, 0.25) is 0 Å². The Balaban J connectivity index is 0.000000591. The second-order valence-electron chi connectivity index (χ2n) is 6.10. The van der Waals surface area contributed by atoms with Crippen LogP contribution in [0.25, 0.3) is 22.3 Å². The lowest BCUT2D eigenvalue weighted by molar-refractivity contribution is 0.00819. The van der Waals surface area contributed by atoms with Crippen molar-refractivity contribution in [1.29, 1.82) is 0 Å². The first-order valence-corrected chi connectivity index (χ1v) is 9.85. The molecule has 0 aliphatic rings. The highest BCUT2D eigenvalue weighted by atomic mass is 32.2. The van der Waals surface area contributed by atoms with Gasteiger partial charge >= 0.3 is 6.68 Å². The van der Waals surface area contributed by atoms with Gasteiger partial charge in [0.05, 0.1) is 0 Å². The average Bonchev–Trinajstić information content (AvgIpc) is 2.75. The van der Waals surface area contributed by atoms with E-state index in [0.29, 0.717) is 0 Å². The summed E-state index contributed by atoms with van der Waals surface area (Å²) in [6.07, 6.45) is 0. The lowest BCUT2D eigenvalue weighted by Crippen LogP contribution is -1.85. The molecule has 0 fully saturated rings. The maximum Gasteiger partial charge on any atom is 0.379 e. The molecular formula is C25H21F3S2. The molecule has 0 heterocycles. The van der Waals surface area contributed by atoms with Crippen LogP contribution in [0.15, 0.2) is 119 Å². The quantitative estimate of drug-likeness (QED) is 0.305. The van der Waals surface area contributed by atoms with E-state index in [1.54, 1.807) is 11.8 Å². The Kier molecular flexibility index (Phi) is 9.58. The first-order valence-electron chi connectivity index (χ1n) is 9.03. The summed E-state index contributed by atoms with van der Waals surface area (Å²) in [5, 5.41) is 0. The number of rotatable bonds is 4. The van der Waals surface area contributed by atoms with E-state index in [4.69, 9.17) is 0 Å². The van der Waals surface area contributed by atoms with E-state index in [-0.39, 0.29) is 13.5 Å². The van der Waals surface area contributed by atoms with Crippen molar-refractivity contribution in [2.45, 2.75) is 16.5 Å². The Morgan fingerprint density at radius 1 is 0.467 bits per heavy atom. The summed E-state index contributed by atoms with van der Waals surface area (Å²) in [5.74, 6) is 0. The SMILES string of the molecule is FC(F)F.S.c1ccc(Sc2ccc(-c3ccccc3-c3ccccc3)cc2)cc1. The van der Waals surface area contributed by atoms with Crippen molar-refractivity contribution < 1.29 is 13.2 Å². The molecule has 0 spiro atoms. The largest absolute Gasteiger partial charge is 0.379 e. The van der Waals surface area contributed by atoms with Gasteiger partial charge in [-0.2, -0.15) is 26.7 Å². The topological polar surface area (TPSA) is 0 Å². The minimum Gasteiger partial charge on any atom is -0.197 e. The zero-order chi connectivity index (χ0) is 20.5. The van der Waals surface area contributed by atoms with Crippen LogP contribution in [0.1, 0.15) is 0 Å². The van der Waals surface area contributed by atoms with Crippen LogP contribution in [-0.4, -0.2) is 6.68 Å². The molecule has 0 nitrogen and oxygen atoms in total. The first-order chi connectivity index (χ1) is 14.1. The highest BCUT2D eigenvalue weighted by Crippen LogP contribution is 2.34. The summed E-state index contributed by atoms with van der Waals surface area (Å²) >= 11 is 1.79. The lowest BCUT2D eigenvalue weighted by Gasteiger charge is -2.11. The number of benzene rings is 4. The summed E-state index contributed by atoms with van der Waals surface area (Å²) in [4.78, 5) is 2.52. The molecule has 0 saturated carbocycles. The molecule has 0 atom stereocenters. The van der Waals surface area contributed by atoms with Crippen molar-refractivity contribution in [3.05, 3.63) is 109 Å². The highest BCUT2D eigenvalue weighted by Gasteiger charge is 2.07. The third-order valence-electron chi connectivity index (χ3n) is 4.16. The average molecular weight is 443 g/mol. The van der Waals surface area contributed by atoms with Crippen LogP contribution in [0.4, 0.5) is 13.2 Å². The Morgan fingerprint density at radius 3 is 1.33 bits per heavy atom. The molecule has 4 aromatic rings. The van der Waals surface area contributed by atoms with Gasteiger partial charge in [0, 0.05) is 9.79 Å². The smallest absolute Gasteiger partial charge is 0.197 e. The fraction of sp³-hybridized carbons (Fsp3) is 0.0400. The van der Waals surface area contributed by atoms with Crippen molar-refractivity contribution >= 4 is 25.3 Å². The lowest BCUT2D eigenvalue weighted by atomic mass is 9.95. The highest BCUT2D eigenvalue weighted by molar-refractivity contribution is 7.99. The van der Waals surface area contributed by atoms with Gasteiger partial charge in [-0.1, -0.05) is 96.7 Å². The molecule has 0 bridgehead atoms. The van der Waals surface area contributed by atoms with Gasteiger partial charge < -0.3 is 0 Å². The Labute approximate surface area is 186 Å². The second-order valence-corrected chi connectivity index (χ2v) is 7.25. The zero-order valence-corrected chi connectivity index (χ0v) is 17.8. The molecule has 0 saturated heterocycles. The molecule has 0 radical (unpaired) electrons. The zero-order valence-electron chi connectivity index (χ0n) is 16.0. The molecule has 0 amide bonds. The summed E-state index contributed by atoms with van der Waals surface area (Å²) in [6, 6.07) is 38.5. The maximum atomic E-state index is 9.67. The van der Waals surface area contributed by atoms with Crippen molar-refractivity contribution in [1.82, 2.24) is 0 Å².